The largest absolute Gasteiger partial charge is 0.454 e. The lowest BCUT2D eigenvalue weighted by Crippen LogP contribution is -2.35. The van der Waals surface area contributed by atoms with Gasteiger partial charge in [-0.2, -0.15) is 0 Å². The molecule has 0 unspecified atom stereocenters. The van der Waals surface area contributed by atoms with E-state index in [1.165, 1.54) is 11.3 Å². The number of hydrogen-bond donors (Lipinski definition) is 1. The Morgan fingerprint density at radius 1 is 1.13 bits per heavy atom. The topological polar surface area (TPSA) is 71.1 Å². The number of rotatable bonds is 6. The predicted octanol–water partition coefficient (Wildman–Crippen LogP) is 2.34. The number of para-hydroxylation sites is 1. The van der Waals surface area contributed by atoms with Gasteiger partial charge < -0.3 is 24.6 Å². The summed E-state index contributed by atoms with van der Waals surface area (Å²) in [6.45, 7) is 3.16. The Hall–Kier alpha value is -3.22. The van der Waals surface area contributed by atoms with E-state index in [4.69, 9.17) is 9.47 Å². The van der Waals surface area contributed by atoms with Gasteiger partial charge in [-0.3, -0.25) is 9.59 Å². The van der Waals surface area contributed by atoms with Crippen molar-refractivity contribution in [1.82, 2.24) is 5.32 Å². The number of hydrogen-bond acceptors (Lipinski definition) is 5. The van der Waals surface area contributed by atoms with Crippen LogP contribution in [0.15, 0.2) is 42.5 Å². The lowest BCUT2D eigenvalue weighted by molar-refractivity contribution is -0.126. The third-order valence-electron chi connectivity index (χ3n) is 6.05. The summed E-state index contributed by atoms with van der Waals surface area (Å²) >= 11 is 0. The molecule has 0 radical (unpaired) electrons. The number of amides is 2. The van der Waals surface area contributed by atoms with E-state index in [1.54, 1.807) is 17.0 Å². The van der Waals surface area contributed by atoms with Gasteiger partial charge in [-0.1, -0.05) is 18.2 Å². The highest BCUT2D eigenvalue weighted by Gasteiger charge is 2.35. The Labute approximate surface area is 175 Å². The third kappa shape index (κ3) is 3.56. The lowest BCUT2D eigenvalue weighted by Gasteiger charge is -2.20. The van der Waals surface area contributed by atoms with Gasteiger partial charge in [-0.15, -0.1) is 0 Å². The molecule has 3 heterocycles. The SMILES string of the molecule is O=C(NCCCN1CCc2ccccc21)[C@H]1CC(=O)N(c2ccc3c(c2)OCO3)C1. The maximum atomic E-state index is 12.6. The summed E-state index contributed by atoms with van der Waals surface area (Å²) in [7, 11) is 0. The van der Waals surface area contributed by atoms with Crippen LogP contribution < -0.4 is 24.6 Å². The molecule has 0 aromatic heterocycles. The van der Waals surface area contributed by atoms with Crippen LogP contribution in [0.1, 0.15) is 18.4 Å². The fourth-order valence-electron chi connectivity index (χ4n) is 4.45. The number of anilines is 2. The molecular formula is C23H25N3O4. The Morgan fingerprint density at radius 2 is 2.00 bits per heavy atom. The Bertz CT molecular complexity index is 977. The van der Waals surface area contributed by atoms with Gasteiger partial charge in [0.25, 0.3) is 0 Å². The molecule has 1 atom stereocenters. The number of benzene rings is 2. The van der Waals surface area contributed by atoms with Crippen LogP contribution in [-0.2, 0) is 16.0 Å². The summed E-state index contributed by atoms with van der Waals surface area (Å²) in [6.07, 6.45) is 2.20. The van der Waals surface area contributed by atoms with E-state index in [1.807, 2.05) is 6.07 Å². The van der Waals surface area contributed by atoms with Crippen LogP contribution in [0.2, 0.25) is 0 Å². The van der Waals surface area contributed by atoms with Gasteiger partial charge in [-0.05, 0) is 36.6 Å². The minimum absolute atomic E-state index is 0.0392. The molecule has 0 saturated carbocycles. The average Bonchev–Trinajstić information content (AvgIpc) is 3.48. The quantitative estimate of drug-likeness (QED) is 0.745. The smallest absolute Gasteiger partial charge is 0.231 e. The molecule has 0 spiro atoms. The summed E-state index contributed by atoms with van der Waals surface area (Å²) in [4.78, 5) is 29.1. The van der Waals surface area contributed by atoms with Crippen molar-refractivity contribution in [2.75, 3.05) is 42.8 Å². The summed E-state index contributed by atoms with van der Waals surface area (Å²) < 4.78 is 10.7. The van der Waals surface area contributed by atoms with Crippen LogP contribution in [-0.4, -0.2) is 44.8 Å². The first kappa shape index (κ1) is 18.8. The summed E-state index contributed by atoms with van der Waals surface area (Å²) in [6, 6.07) is 13.9. The number of nitrogens with one attached hydrogen (secondary N) is 1. The van der Waals surface area contributed by atoms with Crippen LogP contribution >= 0.6 is 0 Å². The van der Waals surface area contributed by atoms with Crippen LogP contribution in [0.3, 0.4) is 0 Å². The lowest BCUT2D eigenvalue weighted by atomic mass is 10.1. The van der Waals surface area contributed by atoms with Crippen molar-refractivity contribution in [2.24, 2.45) is 5.92 Å². The number of carbonyl (C=O) groups excluding carboxylic acids is 2. The maximum absolute atomic E-state index is 12.6. The molecule has 3 aliphatic heterocycles. The van der Waals surface area contributed by atoms with Crippen molar-refractivity contribution in [3.8, 4) is 11.5 Å². The molecule has 3 aliphatic rings. The van der Waals surface area contributed by atoms with Crippen LogP contribution in [0.25, 0.3) is 0 Å². The number of ether oxygens (including phenoxy) is 2. The molecule has 7 heteroatoms. The van der Waals surface area contributed by atoms with Gasteiger partial charge in [-0.25, -0.2) is 0 Å². The zero-order valence-corrected chi connectivity index (χ0v) is 16.8. The first-order valence-electron chi connectivity index (χ1n) is 10.5. The standard InChI is InChI=1S/C23H25N3O4/c27-22-12-17(14-26(22)18-6-7-20-21(13-18)30-15-29-20)23(28)24-9-3-10-25-11-8-16-4-1-2-5-19(16)25/h1-2,4-7,13,17H,3,8-12,14-15H2,(H,24,28)/t17-/m0/s1. The predicted molar refractivity (Wildman–Crippen MR) is 113 cm³/mol. The van der Waals surface area contributed by atoms with Crippen LogP contribution in [0, 0.1) is 5.92 Å². The molecule has 2 aromatic carbocycles. The van der Waals surface area contributed by atoms with Crippen molar-refractivity contribution >= 4 is 23.2 Å². The van der Waals surface area contributed by atoms with Gasteiger partial charge in [0, 0.05) is 50.0 Å². The highest BCUT2D eigenvalue weighted by molar-refractivity contribution is 6.00. The first-order valence-corrected chi connectivity index (χ1v) is 10.5. The van der Waals surface area contributed by atoms with Crippen LogP contribution in [0.5, 0.6) is 11.5 Å². The molecule has 1 fully saturated rings. The van der Waals surface area contributed by atoms with E-state index in [2.05, 4.69) is 34.5 Å². The second-order valence-electron chi connectivity index (χ2n) is 7.95. The van der Waals surface area contributed by atoms with Gasteiger partial charge in [0.15, 0.2) is 11.5 Å². The van der Waals surface area contributed by atoms with Crippen molar-refractivity contribution in [2.45, 2.75) is 19.3 Å². The molecule has 0 bridgehead atoms. The molecule has 1 N–H and O–H groups in total. The van der Waals surface area contributed by atoms with Crippen molar-refractivity contribution in [1.29, 1.82) is 0 Å². The minimum Gasteiger partial charge on any atom is -0.454 e. The van der Waals surface area contributed by atoms with E-state index in [9.17, 15) is 9.59 Å². The average molecular weight is 407 g/mol. The fourth-order valence-corrected chi connectivity index (χ4v) is 4.45. The normalized spacial score (nSPS) is 19.3. The molecular weight excluding hydrogens is 382 g/mol. The summed E-state index contributed by atoms with van der Waals surface area (Å²) in [5.74, 6) is 0.906. The van der Waals surface area contributed by atoms with Gasteiger partial charge in [0.1, 0.15) is 0 Å². The Kier molecular flexibility index (Phi) is 4.94. The number of carbonyl (C=O) groups is 2. The molecule has 5 rings (SSSR count). The monoisotopic (exact) mass is 407 g/mol. The molecule has 2 amide bonds. The van der Waals surface area contributed by atoms with Crippen molar-refractivity contribution in [3.05, 3.63) is 48.0 Å². The first-order chi connectivity index (χ1) is 14.7. The van der Waals surface area contributed by atoms with Crippen molar-refractivity contribution < 1.29 is 19.1 Å². The van der Waals surface area contributed by atoms with Gasteiger partial charge in [0.05, 0.1) is 5.92 Å². The van der Waals surface area contributed by atoms with Crippen LogP contribution in [0.4, 0.5) is 11.4 Å². The molecule has 30 heavy (non-hydrogen) atoms. The van der Waals surface area contributed by atoms with Crippen molar-refractivity contribution in [3.63, 3.8) is 0 Å². The van der Waals surface area contributed by atoms with E-state index < -0.39 is 0 Å². The number of nitrogens with zero attached hydrogens (tertiary/aromatic N) is 2. The van der Waals surface area contributed by atoms with E-state index >= 15 is 0 Å². The molecule has 156 valence electrons. The molecule has 1 saturated heterocycles. The summed E-state index contributed by atoms with van der Waals surface area (Å²) in [5, 5.41) is 3.02. The zero-order valence-electron chi connectivity index (χ0n) is 16.8. The second kappa shape index (κ2) is 7.89. The maximum Gasteiger partial charge on any atom is 0.231 e. The summed E-state index contributed by atoms with van der Waals surface area (Å²) in [5.41, 5.74) is 3.45. The third-order valence-corrected chi connectivity index (χ3v) is 6.05. The molecule has 0 aliphatic carbocycles. The van der Waals surface area contributed by atoms with E-state index in [-0.39, 0.29) is 30.9 Å². The Balaban J connectivity index is 1.11. The van der Waals surface area contributed by atoms with E-state index in [0.29, 0.717) is 24.6 Å². The Morgan fingerprint density at radius 3 is 2.93 bits per heavy atom. The minimum atomic E-state index is -0.324. The highest BCUT2D eigenvalue weighted by Crippen LogP contribution is 2.37. The number of fused-ring (bicyclic) bond motifs is 2. The van der Waals surface area contributed by atoms with Gasteiger partial charge >= 0.3 is 0 Å². The second-order valence-corrected chi connectivity index (χ2v) is 7.95. The molecule has 7 nitrogen and oxygen atoms in total. The fraction of sp³-hybridized carbons (Fsp3) is 0.391. The highest BCUT2D eigenvalue weighted by atomic mass is 16.7. The van der Waals surface area contributed by atoms with E-state index in [0.717, 1.165) is 31.6 Å². The van der Waals surface area contributed by atoms with Gasteiger partial charge in [0.2, 0.25) is 18.6 Å². The molecule has 2 aromatic rings. The zero-order chi connectivity index (χ0) is 20.5.